The van der Waals surface area contributed by atoms with Gasteiger partial charge in [-0.15, -0.1) is 0 Å². The molecule has 0 rings (SSSR count). The summed E-state index contributed by atoms with van der Waals surface area (Å²) in [7, 11) is 0. The third kappa shape index (κ3) is 9.19. The number of rotatable bonds is 16. The van der Waals surface area contributed by atoms with Crippen molar-refractivity contribution in [2.75, 3.05) is 0 Å². The molecule has 5 atom stereocenters. The largest absolute Gasteiger partial charge is 0.462 e. The second-order valence-electron chi connectivity index (χ2n) is 9.91. The lowest BCUT2D eigenvalue weighted by Gasteiger charge is -2.44. The molecule has 0 bridgehead atoms. The van der Waals surface area contributed by atoms with E-state index in [2.05, 4.69) is 0 Å². The monoisotopic (exact) mass is 996 g/mol. The molecule has 360 valence electrons. The molecule has 0 aliphatic carbocycles. The first-order chi connectivity index (χ1) is 25.2. The van der Waals surface area contributed by atoms with Crippen molar-refractivity contribution in [1.29, 1.82) is 0 Å². The van der Waals surface area contributed by atoms with Crippen molar-refractivity contribution in [3.05, 3.63) is 0 Å². The molecule has 0 saturated heterocycles. The van der Waals surface area contributed by atoms with Gasteiger partial charge >= 0.3 is 109 Å². The maximum absolute atomic E-state index is 14.5. The number of halogens is 36. The van der Waals surface area contributed by atoms with Crippen molar-refractivity contribution in [3.63, 3.8) is 0 Å². The van der Waals surface area contributed by atoms with E-state index in [0.29, 0.717) is 9.47 Å². The number of ether oxygens (including phenoxy) is 5. The lowest BCUT2D eigenvalue weighted by atomic mass is 10.2. The Kier molecular flexibility index (Phi) is 14.0. The van der Waals surface area contributed by atoms with Gasteiger partial charge in [-0.2, -0.15) is 158 Å². The predicted molar refractivity (Wildman–Crippen MR) is 96.7 cm³/mol. The van der Waals surface area contributed by atoms with Crippen molar-refractivity contribution in [1.82, 2.24) is 0 Å². The molecule has 0 heterocycles. The molecular formula is C18F36O6. The highest BCUT2D eigenvalue weighted by Crippen LogP contribution is 2.62. The van der Waals surface area contributed by atoms with Gasteiger partial charge in [0.25, 0.3) is 0 Å². The Morgan fingerprint density at radius 1 is 0.250 bits per heavy atom. The van der Waals surface area contributed by atoms with Crippen molar-refractivity contribution >= 4 is 6.04 Å². The second-order valence-corrected chi connectivity index (χ2v) is 9.91. The van der Waals surface area contributed by atoms with Gasteiger partial charge in [0.1, 0.15) is 0 Å². The Morgan fingerprint density at radius 2 is 0.433 bits per heavy atom. The van der Waals surface area contributed by atoms with E-state index < -0.39 is 109 Å². The highest BCUT2D eigenvalue weighted by Gasteiger charge is 2.91. The maximum atomic E-state index is 14.5. The lowest BCUT2D eigenvalue weighted by Crippen LogP contribution is -2.73. The van der Waals surface area contributed by atoms with E-state index in [1.807, 2.05) is 0 Å². The van der Waals surface area contributed by atoms with E-state index in [9.17, 15) is 163 Å². The number of hydrogen-bond acceptors (Lipinski definition) is 6. The van der Waals surface area contributed by atoms with Gasteiger partial charge in [0.2, 0.25) is 0 Å². The third-order valence-electron chi connectivity index (χ3n) is 5.64. The van der Waals surface area contributed by atoms with E-state index in [1.165, 1.54) is 0 Å². The van der Waals surface area contributed by atoms with Gasteiger partial charge in [0.15, 0.2) is 0 Å². The number of alkyl halides is 35. The fraction of sp³-hybridized carbons (Fsp3) is 0.944. The molecule has 0 aliphatic heterocycles. The van der Waals surface area contributed by atoms with Gasteiger partial charge in [-0.05, 0) is 0 Å². The van der Waals surface area contributed by atoms with Crippen molar-refractivity contribution in [2.24, 2.45) is 0 Å². The summed E-state index contributed by atoms with van der Waals surface area (Å²) in [6, 6.07) is -5.29. The average molecular weight is 996 g/mol. The average Bonchev–Trinajstić information content (AvgIpc) is 2.91. The van der Waals surface area contributed by atoms with E-state index >= 15 is 0 Å². The first kappa shape index (κ1) is 57.0. The Balaban J connectivity index is 8.02. The fourth-order valence-corrected chi connectivity index (χ4v) is 2.71. The molecule has 0 fully saturated rings. The summed E-state index contributed by atoms with van der Waals surface area (Å²) in [6.45, 7) is 0. The summed E-state index contributed by atoms with van der Waals surface area (Å²) in [5.74, 6) is -54.2. The topological polar surface area (TPSA) is 63.2 Å². The standard InChI is InChI=1S/C18F36O6/c19-1(55)2(20,8(27,28)29)56-15(47,48)4(23,10(33,34)35)58-17(51,52)6(25,12(39,40)41)60-18(53,54)7(26,13(42,43)44)59-16(49,50)5(24,11(36,37)38)57-14(45,46)3(21,22)9(30,31)32/t2-,4+,5-,6+,7-/m0/s1. The molecule has 0 saturated carbocycles. The molecule has 0 radical (unpaired) electrons. The van der Waals surface area contributed by atoms with Gasteiger partial charge in [-0.1, -0.05) is 0 Å². The van der Waals surface area contributed by atoms with Gasteiger partial charge in [-0.25, -0.2) is 0 Å². The first-order valence-electron chi connectivity index (χ1n) is 12.0. The van der Waals surface area contributed by atoms with Crippen LogP contribution < -0.4 is 0 Å². The quantitative estimate of drug-likeness (QED) is 0.113. The predicted octanol–water partition coefficient (Wildman–Crippen LogP) is 10.9. The smallest absolute Gasteiger partial charge is 0.263 e. The molecule has 0 aromatic carbocycles. The second kappa shape index (κ2) is 14.8. The molecular weight excluding hydrogens is 996 g/mol. The zero-order chi connectivity index (χ0) is 49.6. The van der Waals surface area contributed by atoms with Crippen LogP contribution in [-0.4, -0.2) is 109 Å². The number of carbonyl (C=O) groups excluding carboxylic acids is 1. The zero-order valence-corrected chi connectivity index (χ0v) is 25.1. The minimum absolute atomic E-state index is 0.652. The molecule has 6 nitrogen and oxygen atoms in total. The van der Waals surface area contributed by atoms with Crippen molar-refractivity contribution < 1.29 is 187 Å². The van der Waals surface area contributed by atoms with E-state index in [1.54, 1.807) is 0 Å². The van der Waals surface area contributed by atoms with Gasteiger partial charge in [-0.3, -0.25) is 28.5 Å². The van der Waals surface area contributed by atoms with Crippen LogP contribution >= 0.6 is 0 Å². The molecule has 0 N–H and O–H groups in total. The van der Waals surface area contributed by atoms with Crippen LogP contribution in [0.4, 0.5) is 158 Å². The summed E-state index contributed by atoms with van der Waals surface area (Å²) < 4.78 is 483. The van der Waals surface area contributed by atoms with Crippen molar-refractivity contribution in [2.45, 2.75) is 103 Å². The van der Waals surface area contributed by atoms with Crippen LogP contribution in [0.1, 0.15) is 0 Å². The third-order valence-corrected chi connectivity index (χ3v) is 5.64. The molecule has 0 unspecified atom stereocenters. The number of hydrogen-bond donors (Lipinski definition) is 0. The SMILES string of the molecule is O=C(F)[C@](F)(OC(F)(F)[C@](F)(OC(F)(F)[C@](F)(OC(F)(F)[C@@](F)(OC(F)(F)[C@@](F)(OC(F)(F)C(F)(F)C(F)(F)F)C(F)(F)F)C(F)(F)F)C(F)(F)F)C(F)(F)F)C(F)(F)F. The highest BCUT2D eigenvalue weighted by molar-refractivity contribution is 5.77. The molecule has 0 spiro atoms. The number of carbonyl (C=O) groups is 1. The summed E-state index contributed by atoms with van der Waals surface area (Å²) in [5.41, 5.74) is 0. The molecule has 0 aromatic rings. The minimum Gasteiger partial charge on any atom is -0.263 e. The van der Waals surface area contributed by atoms with Crippen LogP contribution in [0.15, 0.2) is 0 Å². The normalized spacial score (nSPS) is 20.7. The molecule has 60 heavy (non-hydrogen) atoms. The minimum atomic E-state index is -9.64. The molecule has 0 amide bonds. The van der Waals surface area contributed by atoms with E-state index in [4.69, 9.17) is 0 Å². The van der Waals surface area contributed by atoms with E-state index in [-0.39, 0.29) is 0 Å². The van der Waals surface area contributed by atoms with E-state index in [0.717, 1.165) is 14.2 Å². The molecule has 0 aliphatic rings. The Morgan fingerprint density at radius 3 is 0.583 bits per heavy atom. The van der Waals surface area contributed by atoms with Gasteiger partial charge in [0.05, 0.1) is 0 Å². The maximum Gasteiger partial charge on any atom is 0.462 e. The van der Waals surface area contributed by atoms with Crippen LogP contribution in [0.2, 0.25) is 0 Å². The Bertz CT molecular complexity index is 1530. The van der Waals surface area contributed by atoms with Crippen LogP contribution in [0.25, 0.3) is 0 Å². The highest BCUT2D eigenvalue weighted by atomic mass is 19.5. The van der Waals surface area contributed by atoms with Gasteiger partial charge < -0.3 is 0 Å². The van der Waals surface area contributed by atoms with Crippen LogP contribution in [0.5, 0.6) is 0 Å². The lowest BCUT2D eigenvalue weighted by molar-refractivity contribution is -0.600. The zero-order valence-electron chi connectivity index (χ0n) is 25.1. The Labute approximate surface area is 297 Å². The van der Waals surface area contributed by atoms with Crippen LogP contribution in [0, 0.1) is 0 Å². The van der Waals surface area contributed by atoms with Crippen molar-refractivity contribution in [3.8, 4) is 0 Å². The summed E-state index contributed by atoms with van der Waals surface area (Å²) in [5, 5.41) is 0. The van der Waals surface area contributed by atoms with Gasteiger partial charge in [0, 0.05) is 0 Å². The Hall–Kier alpha value is -3.05. The first-order valence-corrected chi connectivity index (χ1v) is 12.0. The summed E-state index contributed by atoms with van der Waals surface area (Å²) >= 11 is 0. The van der Waals surface area contributed by atoms with Crippen LogP contribution in [0.3, 0.4) is 0 Å². The summed E-state index contributed by atoms with van der Waals surface area (Å²) in [6.07, 6.45) is -98.7. The van der Waals surface area contributed by atoms with Crippen LogP contribution in [-0.2, 0) is 28.5 Å². The molecule has 0 aromatic heterocycles. The summed E-state index contributed by atoms with van der Waals surface area (Å²) in [4.78, 5) is 10.1. The fourth-order valence-electron chi connectivity index (χ4n) is 2.71. The molecule has 42 heteroatoms.